The molecule has 1 aliphatic carbocycles. The quantitative estimate of drug-likeness (QED) is 0.836. The lowest BCUT2D eigenvalue weighted by Crippen LogP contribution is -2.10. The van der Waals surface area contributed by atoms with Gasteiger partial charge in [-0.15, -0.1) is 0 Å². The number of nitrogens with one attached hydrogen (secondary N) is 1. The van der Waals surface area contributed by atoms with E-state index in [0.717, 1.165) is 24.5 Å². The smallest absolute Gasteiger partial charge is 0.181 e. The van der Waals surface area contributed by atoms with Crippen molar-refractivity contribution in [2.45, 2.75) is 38.6 Å². The Morgan fingerprint density at radius 1 is 1.00 bits per heavy atom. The van der Waals surface area contributed by atoms with Crippen molar-refractivity contribution in [3.8, 4) is 0 Å². The maximum Gasteiger partial charge on any atom is 0.181 e. The van der Waals surface area contributed by atoms with Gasteiger partial charge in [0, 0.05) is 6.04 Å². The molecule has 1 aliphatic rings. The molecule has 1 N–H and O–H groups in total. The SMILES string of the molecule is CC(Nc1cccc(F)c1F)c1ccc2c(c1)CCCC2. The van der Waals surface area contributed by atoms with Gasteiger partial charge >= 0.3 is 0 Å². The van der Waals surface area contributed by atoms with Crippen LogP contribution in [0.15, 0.2) is 36.4 Å². The zero-order chi connectivity index (χ0) is 14.8. The zero-order valence-corrected chi connectivity index (χ0v) is 12.1. The van der Waals surface area contributed by atoms with Crippen LogP contribution in [-0.2, 0) is 12.8 Å². The third kappa shape index (κ3) is 2.92. The Labute approximate surface area is 124 Å². The second-order valence-electron chi connectivity index (χ2n) is 5.70. The molecular weight excluding hydrogens is 268 g/mol. The minimum atomic E-state index is -0.822. The Bertz CT molecular complexity index is 652. The maximum atomic E-state index is 13.7. The summed E-state index contributed by atoms with van der Waals surface area (Å²) in [5.74, 6) is -1.64. The average Bonchev–Trinajstić information content (AvgIpc) is 2.51. The van der Waals surface area contributed by atoms with Crippen LogP contribution in [0.4, 0.5) is 14.5 Å². The Balaban J connectivity index is 1.82. The van der Waals surface area contributed by atoms with Crippen molar-refractivity contribution in [3.05, 3.63) is 64.7 Å². The highest BCUT2D eigenvalue weighted by Gasteiger charge is 2.14. The second kappa shape index (κ2) is 5.84. The normalized spacial score (nSPS) is 15.4. The summed E-state index contributed by atoms with van der Waals surface area (Å²) in [4.78, 5) is 0. The molecule has 1 atom stereocenters. The Hall–Kier alpha value is -1.90. The van der Waals surface area contributed by atoms with Gasteiger partial charge in [-0.2, -0.15) is 0 Å². The highest BCUT2D eigenvalue weighted by atomic mass is 19.2. The summed E-state index contributed by atoms with van der Waals surface area (Å²) in [5.41, 5.74) is 4.14. The number of hydrogen-bond donors (Lipinski definition) is 1. The molecule has 3 rings (SSSR count). The number of anilines is 1. The first-order valence-electron chi connectivity index (χ1n) is 7.47. The van der Waals surface area contributed by atoms with E-state index in [0.29, 0.717) is 0 Å². The van der Waals surface area contributed by atoms with Crippen LogP contribution < -0.4 is 5.32 Å². The first-order chi connectivity index (χ1) is 10.1. The number of aryl methyl sites for hydroxylation is 2. The van der Waals surface area contributed by atoms with Crippen molar-refractivity contribution in [2.24, 2.45) is 0 Å². The van der Waals surface area contributed by atoms with Crippen LogP contribution in [-0.4, -0.2) is 0 Å². The van der Waals surface area contributed by atoms with Gasteiger partial charge in [0.1, 0.15) is 0 Å². The summed E-state index contributed by atoms with van der Waals surface area (Å²) < 4.78 is 27.0. The van der Waals surface area contributed by atoms with Crippen molar-refractivity contribution >= 4 is 5.69 Å². The molecule has 0 fully saturated rings. The molecule has 2 aromatic carbocycles. The molecule has 1 nitrogen and oxygen atoms in total. The van der Waals surface area contributed by atoms with Crippen molar-refractivity contribution in [1.29, 1.82) is 0 Å². The van der Waals surface area contributed by atoms with Crippen LogP contribution in [0.2, 0.25) is 0 Å². The number of halogens is 2. The molecule has 0 saturated carbocycles. The summed E-state index contributed by atoms with van der Waals surface area (Å²) in [5, 5.41) is 3.06. The fraction of sp³-hybridized carbons (Fsp3) is 0.333. The van der Waals surface area contributed by atoms with Crippen LogP contribution in [0.3, 0.4) is 0 Å². The van der Waals surface area contributed by atoms with E-state index in [1.807, 2.05) is 6.92 Å². The Kier molecular flexibility index (Phi) is 3.91. The first kappa shape index (κ1) is 14.1. The van der Waals surface area contributed by atoms with E-state index in [4.69, 9.17) is 0 Å². The predicted molar refractivity (Wildman–Crippen MR) is 81.5 cm³/mol. The third-order valence-electron chi connectivity index (χ3n) is 4.20. The summed E-state index contributed by atoms with van der Waals surface area (Å²) in [6, 6.07) is 10.6. The van der Waals surface area contributed by atoms with E-state index in [-0.39, 0.29) is 11.7 Å². The molecule has 0 heterocycles. The second-order valence-corrected chi connectivity index (χ2v) is 5.70. The van der Waals surface area contributed by atoms with E-state index < -0.39 is 11.6 Å². The molecule has 21 heavy (non-hydrogen) atoms. The van der Waals surface area contributed by atoms with Gasteiger partial charge in [-0.25, -0.2) is 8.78 Å². The number of hydrogen-bond acceptors (Lipinski definition) is 1. The largest absolute Gasteiger partial charge is 0.376 e. The van der Waals surface area contributed by atoms with Crippen LogP contribution in [0, 0.1) is 11.6 Å². The predicted octanol–water partition coefficient (Wildman–Crippen LogP) is 5.02. The van der Waals surface area contributed by atoms with Gasteiger partial charge in [0.05, 0.1) is 5.69 Å². The third-order valence-corrected chi connectivity index (χ3v) is 4.20. The minimum Gasteiger partial charge on any atom is -0.376 e. The summed E-state index contributed by atoms with van der Waals surface area (Å²) in [6.07, 6.45) is 4.76. The highest BCUT2D eigenvalue weighted by Crippen LogP contribution is 2.27. The zero-order valence-electron chi connectivity index (χ0n) is 12.1. The van der Waals surface area contributed by atoms with Crippen molar-refractivity contribution in [3.63, 3.8) is 0 Å². The standard InChI is InChI=1S/C18H19F2N/c1-12(21-17-8-4-7-16(19)18(17)20)14-10-9-13-5-2-3-6-15(13)11-14/h4,7-12,21H,2-3,5-6H2,1H3. The van der Waals surface area contributed by atoms with Gasteiger partial charge in [-0.1, -0.05) is 24.3 Å². The van der Waals surface area contributed by atoms with Crippen LogP contribution in [0.25, 0.3) is 0 Å². The van der Waals surface area contributed by atoms with Gasteiger partial charge in [0.15, 0.2) is 11.6 Å². The molecule has 2 aromatic rings. The van der Waals surface area contributed by atoms with E-state index in [2.05, 4.69) is 23.5 Å². The highest BCUT2D eigenvalue weighted by molar-refractivity contribution is 5.48. The van der Waals surface area contributed by atoms with Crippen LogP contribution in [0.5, 0.6) is 0 Å². The summed E-state index contributed by atoms with van der Waals surface area (Å²) in [6.45, 7) is 1.97. The fourth-order valence-corrected chi connectivity index (χ4v) is 2.95. The van der Waals surface area contributed by atoms with Gasteiger partial charge in [-0.3, -0.25) is 0 Å². The molecule has 0 aliphatic heterocycles. The number of benzene rings is 2. The molecular formula is C18H19F2N. The van der Waals surface area contributed by atoms with E-state index >= 15 is 0 Å². The van der Waals surface area contributed by atoms with Crippen molar-refractivity contribution < 1.29 is 8.78 Å². The van der Waals surface area contributed by atoms with E-state index in [9.17, 15) is 8.78 Å². The fourth-order valence-electron chi connectivity index (χ4n) is 2.95. The minimum absolute atomic E-state index is 0.0615. The lowest BCUT2D eigenvalue weighted by atomic mass is 9.89. The molecule has 0 bridgehead atoms. The van der Waals surface area contributed by atoms with E-state index in [1.54, 1.807) is 6.07 Å². The molecule has 110 valence electrons. The molecule has 1 unspecified atom stereocenters. The monoisotopic (exact) mass is 287 g/mol. The van der Waals surface area contributed by atoms with Crippen molar-refractivity contribution in [2.75, 3.05) is 5.32 Å². The number of fused-ring (bicyclic) bond motifs is 1. The molecule has 3 heteroatoms. The van der Waals surface area contributed by atoms with Gasteiger partial charge in [0.25, 0.3) is 0 Å². The van der Waals surface area contributed by atoms with Crippen LogP contribution in [0.1, 0.15) is 42.5 Å². The molecule has 0 radical (unpaired) electrons. The van der Waals surface area contributed by atoms with Crippen LogP contribution >= 0.6 is 0 Å². The maximum absolute atomic E-state index is 13.7. The van der Waals surface area contributed by atoms with Crippen molar-refractivity contribution in [1.82, 2.24) is 0 Å². The molecule has 0 saturated heterocycles. The topological polar surface area (TPSA) is 12.0 Å². The van der Waals surface area contributed by atoms with E-state index in [1.165, 1.54) is 30.0 Å². The van der Waals surface area contributed by atoms with Gasteiger partial charge < -0.3 is 5.32 Å². The average molecular weight is 287 g/mol. The summed E-state index contributed by atoms with van der Waals surface area (Å²) in [7, 11) is 0. The lowest BCUT2D eigenvalue weighted by molar-refractivity contribution is 0.510. The Morgan fingerprint density at radius 2 is 1.76 bits per heavy atom. The first-order valence-corrected chi connectivity index (χ1v) is 7.47. The number of rotatable bonds is 3. The lowest BCUT2D eigenvalue weighted by Gasteiger charge is -2.21. The molecule has 0 amide bonds. The Morgan fingerprint density at radius 3 is 2.57 bits per heavy atom. The van der Waals surface area contributed by atoms with Gasteiger partial charge in [-0.05, 0) is 61.4 Å². The van der Waals surface area contributed by atoms with Gasteiger partial charge in [0.2, 0.25) is 0 Å². The molecule has 0 aromatic heterocycles. The summed E-state index contributed by atoms with van der Waals surface area (Å²) >= 11 is 0. The molecule has 0 spiro atoms.